The number of hydrogen-bond donors (Lipinski definition) is 2. The van der Waals surface area contributed by atoms with Crippen molar-refractivity contribution in [1.29, 1.82) is 0 Å². The van der Waals surface area contributed by atoms with Crippen LogP contribution in [0.1, 0.15) is 17.5 Å². The second-order valence-corrected chi connectivity index (χ2v) is 5.74. The number of ether oxygens (including phenoxy) is 1. The molecule has 0 aromatic heterocycles. The first-order chi connectivity index (χ1) is 12.0. The summed E-state index contributed by atoms with van der Waals surface area (Å²) in [5.74, 6) is -3.65. The second kappa shape index (κ2) is 7.46. The maximum Gasteiger partial charge on any atom is 0.319 e. The topological polar surface area (TPSA) is 50.4 Å². The van der Waals surface area contributed by atoms with E-state index in [2.05, 4.69) is 10.6 Å². The summed E-state index contributed by atoms with van der Waals surface area (Å²) in [6.07, 6.45) is 3.30. The molecule has 2 amide bonds. The summed E-state index contributed by atoms with van der Waals surface area (Å²) < 4.78 is 44.9. The maximum atomic E-state index is 13.5. The van der Waals surface area contributed by atoms with Crippen molar-refractivity contribution >= 4 is 11.7 Å². The van der Waals surface area contributed by atoms with E-state index < -0.39 is 29.2 Å². The van der Waals surface area contributed by atoms with Crippen molar-refractivity contribution < 1.29 is 22.7 Å². The smallest absolute Gasteiger partial charge is 0.319 e. The first-order valence-corrected chi connectivity index (χ1v) is 7.97. The van der Waals surface area contributed by atoms with Gasteiger partial charge in [0.1, 0.15) is 12.4 Å². The molecule has 0 saturated carbocycles. The number of fused-ring (bicyclic) bond motifs is 1. The number of aryl methyl sites for hydroxylation is 2. The average Bonchev–Trinajstić information content (AvgIpc) is 3.07. The van der Waals surface area contributed by atoms with E-state index in [4.69, 9.17) is 4.74 Å². The minimum atomic E-state index is -1.63. The maximum absolute atomic E-state index is 13.5. The van der Waals surface area contributed by atoms with Gasteiger partial charge in [-0.2, -0.15) is 0 Å². The van der Waals surface area contributed by atoms with Crippen LogP contribution >= 0.6 is 0 Å². The molecule has 0 bridgehead atoms. The van der Waals surface area contributed by atoms with Crippen LogP contribution in [0, 0.1) is 17.5 Å². The summed E-state index contributed by atoms with van der Waals surface area (Å²) in [7, 11) is 0. The van der Waals surface area contributed by atoms with Gasteiger partial charge in [-0.3, -0.25) is 0 Å². The van der Waals surface area contributed by atoms with Crippen molar-refractivity contribution in [3.05, 3.63) is 58.9 Å². The molecule has 2 aromatic carbocycles. The molecule has 2 aromatic rings. The van der Waals surface area contributed by atoms with Crippen LogP contribution in [0.15, 0.2) is 30.3 Å². The summed E-state index contributed by atoms with van der Waals surface area (Å²) in [5.41, 5.74) is 2.20. The highest BCUT2D eigenvalue weighted by atomic mass is 19.2. The fourth-order valence-corrected chi connectivity index (χ4v) is 2.76. The van der Waals surface area contributed by atoms with Crippen molar-refractivity contribution in [3.63, 3.8) is 0 Å². The van der Waals surface area contributed by atoms with E-state index in [1.54, 1.807) is 0 Å². The highest BCUT2D eigenvalue weighted by Gasteiger charge is 2.15. The van der Waals surface area contributed by atoms with Gasteiger partial charge in [-0.15, -0.1) is 0 Å². The summed E-state index contributed by atoms with van der Waals surface area (Å²) in [5, 5.41) is 4.58. The summed E-state index contributed by atoms with van der Waals surface area (Å²) >= 11 is 0. The van der Waals surface area contributed by atoms with Gasteiger partial charge in [0, 0.05) is 0 Å². The lowest BCUT2D eigenvalue weighted by Crippen LogP contribution is -2.32. The van der Waals surface area contributed by atoms with Gasteiger partial charge >= 0.3 is 6.03 Å². The average molecular weight is 350 g/mol. The molecule has 0 saturated heterocycles. The molecule has 0 atom stereocenters. The Morgan fingerprint density at radius 3 is 2.68 bits per heavy atom. The molecule has 4 nitrogen and oxygen atoms in total. The predicted molar refractivity (Wildman–Crippen MR) is 87.3 cm³/mol. The first-order valence-electron chi connectivity index (χ1n) is 7.97. The van der Waals surface area contributed by atoms with Crippen LogP contribution in [0.4, 0.5) is 23.7 Å². The summed E-state index contributed by atoms with van der Waals surface area (Å²) in [4.78, 5) is 11.7. The molecule has 0 unspecified atom stereocenters. The summed E-state index contributed by atoms with van der Waals surface area (Å²) in [6, 6.07) is 6.89. The second-order valence-electron chi connectivity index (χ2n) is 5.74. The number of hydrogen-bond acceptors (Lipinski definition) is 2. The number of carbonyl (C=O) groups is 1. The number of benzene rings is 2. The molecule has 0 fully saturated rings. The van der Waals surface area contributed by atoms with Gasteiger partial charge in [-0.1, -0.05) is 6.07 Å². The number of carbonyl (C=O) groups excluding carboxylic acids is 1. The van der Waals surface area contributed by atoms with Crippen molar-refractivity contribution in [2.45, 2.75) is 19.3 Å². The van der Waals surface area contributed by atoms with Crippen LogP contribution in [0.5, 0.6) is 5.75 Å². The van der Waals surface area contributed by atoms with Crippen LogP contribution in [0.25, 0.3) is 0 Å². The zero-order valence-corrected chi connectivity index (χ0v) is 13.4. The van der Waals surface area contributed by atoms with Crippen LogP contribution in [-0.4, -0.2) is 19.2 Å². The Balaban J connectivity index is 1.45. The van der Waals surface area contributed by atoms with E-state index >= 15 is 0 Å². The van der Waals surface area contributed by atoms with Gasteiger partial charge in [0.25, 0.3) is 0 Å². The molecule has 0 heterocycles. The van der Waals surface area contributed by atoms with Gasteiger partial charge < -0.3 is 15.4 Å². The zero-order valence-electron chi connectivity index (χ0n) is 13.4. The van der Waals surface area contributed by atoms with E-state index in [1.165, 1.54) is 11.1 Å². The Hall–Kier alpha value is -2.70. The van der Waals surface area contributed by atoms with Gasteiger partial charge in [-0.25, -0.2) is 18.0 Å². The number of amides is 2. The van der Waals surface area contributed by atoms with Gasteiger partial charge in [0.05, 0.1) is 12.2 Å². The molecular weight excluding hydrogens is 333 g/mol. The van der Waals surface area contributed by atoms with E-state index in [0.29, 0.717) is 0 Å². The molecular formula is C18H17F3N2O2. The monoisotopic (exact) mass is 350 g/mol. The third kappa shape index (κ3) is 4.04. The predicted octanol–water partition coefficient (Wildman–Crippen LogP) is 3.79. The third-order valence-electron chi connectivity index (χ3n) is 4.01. The largest absolute Gasteiger partial charge is 0.492 e. The SMILES string of the molecule is O=C(NCCOc1ccc2c(c1)CCC2)Nc1ccc(F)c(F)c1F. The summed E-state index contributed by atoms with van der Waals surface area (Å²) in [6.45, 7) is 0.403. The molecule has 1 aliphatic rings. The highest BCUT2D eigenvalue weighted by Crippen LogP contribution is 2.26. The minimum Gasteiger partial charge on any atom is -0.492 e. The lowest BCUT2D eigenvalue weighted by molar-refractivity contribution is 0.247. The van der Waals surface area contributed by atoms with Crippen molar-refractivity contribution in [1.82, 2.24) is 5.32 Å². The van der Waals surface area contributed by atoms with Crippen molar-refractivity contribution in [2.24, 2.45) is 0 Å². The lowest BCUT2D eigenvalue weighted by Gasteiger charge is -2.11. The Labute approximate surface area is 143 Å². The zero-order chi connectivity index (χ0) is 17.8. The van der Waals surface area contributed by atoms with Crippen LogP contribution in [0.2, 0.25) is 0 Å². The molecule has 0 spiro atoms. The number of urea groups is 1. The minimum absolute atomic E-state index is 0.175. The van der Waals surface area contributed by atoms with Crippen LogP contribution in [0.3, 0.4) is 0 Å². The number of halogens is 3. The molecule has 1 aliphatic carbocycles. The number of anilines is 1. The van der Waals surface area contributed by atoms with Crippen molar-refractivity contribution in [2.75, 3.05) is 18.5 Å². The Morgan fingerprint density at radius 1 is 1.04 bits per heavy atom. The molecule has 3 rings (SSSR count). The molecule has 25 heavy (non-hydrogen) atoms. The first kappa shape index (κ1) is 17.1. The molecule has 132 valence electrons. The third-order valence-corrected chi connectivity index (χ3v) is 4.01. The van der Waals surface area contributed by atoms with E-state index in [1.807, 2.05) is 18.2 Å². The molecule has 7 heteroatoms. The molecule has 0 radical (unpaired) electrons. The van der Waals surface area contributed by atoms with Gasteiger partial charge in [0.2, 0.25) is 0 Å². The van der Waals surface area contributed by atoms with E-state index in [-0.39, 0.29) is 13.2 Å². The molecule has 2 N–H and O–H groups in total. The van der Waals surface area contributed by atoms with Crippen LogP contribution in [-0.2, 0) is 12.8 Å². The van der Waals surface area contributed by atoms with E-state index in [9.17, 15) is 18.0 Å². The quantitative estimate of drug-likeness (QED) is 0.637. The van der Waals surface area contributed by atoms with Gasteiger partial charge in [-0.05, 0) is 54.7 Å². The Bertz CT molecular complexity index is 796. The Kier molecular flexibility index (Phi) is 5.11. The standard InChI is InChI=1S/C18H17F3N2O2/c19-14-6-7-15(17(21)16(14)20)23-18(24)22-8-9-25-13-5-4-11-2-1-3-12(11)10-13/h4-7,10H,1-3,8-9H2,(H2,22,23,24). The van der Waals surface area contributed by atoms with Crippen molar-refractivity contribution in [3.8, 4) is 5.75 Å². The number of rotatable bonds is 5. The number of nitrogens with one attached hydrogen (secondary N) is 2. The fourth-order valence-electron chi connectivity index (χ4n) is 2.76. The normalized spacial score (nSPS) is 12.6. The highest BCUT2D eigenvalue weighted by molar-refractivity contribution is 5.89. The van der Waals surface area contributed by atoms with Gasteiger partial charge in [0.15, 0.2) is 17.5 Å². The molecule has 0 aliphatic heterocycles. The lowest BCUT2D eigenvalue weighted by atomic mass is 10.1. The van der Waals surface area contributed by atoms with Crippen LogP contribution < -0.4 is 15.4 Å². The van der Waals surface area contributed by atoms with E-state index in [0.717, 1.165) is 37.1 Å². The fraction of sp³-hybridized carbons (Fsp3) is 0.278. The Morgan fingerprint density at radius 2 is 1.84 bits per heavy atom.